The highest BCUT2D eigenvalue weighted by atomic mass is 35.5. The van der Waals surface area contributed by atoms with Crippen molar-refractivity contribution in [2.45, 2.75) is 45.8 Å². The summed E-state index contributed by atoms with van der Waals surface area (Å²) in [5.41, 5.74) is 0.440. The minimum Gasteiger partial charge on any atom is -0.444 e. The molecule has 2 heterocycles. The second-order valence-electron chi connectivity index (χ2n) is 6.89. The zero-order chi connectivity index (χ0) is 16.9. The average Bonchev–Trinajstić information content (AvgIpc) is 2.48. The molecule has 0 aromatic carbocycles. The molecule has 1 aromatic heterocycles. The fourth-order valence-corrected chi connectivity index (χ4v) is 2.59. The number of hydrogen-bond acceptors (Lipinski definition) is 5. The lowest BCUT2D eigenvalue weighted by Crippen LogP contribution is -2.43. The maximum absolute atomic E-state index is 12.0. The van der Waals surface area contributed by atoms with Gasteiger partial charge < -0.3 is 15.0 Å². The van der Waals surface area contributed by atoms with Crippen LogP contribution < -0.4 is 5.32 Å². The Morgan fingerprint density at radius 1 is 1.35 bits per heavy atom. The number of carbonyl (C=O) groups is 1. The highest BCUT2D eigenvalue weighted by Crippen LogP contribution is 2.19. The third-order valence-corrected chi connectivity index (χ3v) is 3.89. The van der Waals surface area contributed by atoms with Gasteiger partial charge in [0.2, 0.25) is 0 Å². The minimum absolute atomic E-state index is 0.208. The van der Waals surface area contributed by atoms with Crippen molar-refractivity contribution in [2.75, 3.05) is 19.6 Å². The number of halogens is 1. The normalized spacial score (nSPS) is 16.4. The molecule has 1 N–H and O–H groups in total. The van der Waals surface area contributed by atoms with Gasteiger partial charge in [0, 0.05) is 19.6 Å². The van der Waals surface area contributed by atoms with Crippen LogP contribution in [0.25, 0.3) is 0 Å². The van der Waals surface area contributed by atoms with Crippen LogP contribution in [-0.4, -0.2) is 46.4 Å². The third-order valence-electron chi connectivity index (χ3n) is 3.69. The van der Waals surface area contributed by atoms with Gasteiger partial charge in [-0.2, -0.15) is 5.10 Å². The van der Waals surface area contributed by atoms with E-state index in [9.17, 15) is 4.79 Å². The standard InChI is InChI=1S/C16H25ClN4O2/c1-16(2,3)23-15(22)21-8-6-12(7-9-21)10-18-11-13-4-5-14(17)20-19-13/h4-5,12,18H,6-11H2,1-3H3. The molecule has 0 aliphatic carbocycles. The van der Waals surface area contributed by atoms with Crippen molar-refractivity contribution in [2.24, 2.45) is 5.92 Å². The molecule has 0 spiro atoms. The summed E-state index contributed by atoms with van der Waals surface area (Å²) in [5, 5.41) is 11.6. The Labute approximate surface area is 142 Å². The number of likely N-dealkylation sites (tertiary alicyclic amines) is 1. The largest absolute Gasteiger partial charge is 0.444 e. The van der Waals surface area contributed by atoms with E-state index in [0.29, 0.717) is 17.6 Å². The molecule has 1 fully saturated rings. The Morgan fingerprint density at radius 3 is 2.61 bits per heavy atom. The Hall–Kier alpha value is -1.40. The summed E-state index contributed by atoms with van der Waals surface area (Å²) in [5.74, 6) is 0.564. The van der Waals surface area contributed by atoms with Gasteiger partial charge in [-0.05, 0) is 58.2 Å². The summed E-state index contributed by atoms with van der Waals surface area (Å²) in [6.07, 6.45) is 1.76. The molecule has 2 rings (SSSR count). The maximum Gasteiger partial charge on any atom is 0.410 e. The maximum atomic E-state index is 12.0. The number of amides is 1. The van der Waals surface area contributed by atoms with Crippen molar-refractivity contribution in [1.29, 1.82) is 0 Å². The number of aromatic nitrogens is 2. The van der Waals surface area contributed by atoms with Crippen LogP contribution in [0.3, 0.4) is 0 Å². The highest BCUT2D eigenvalue weighted by molar-refractivity contribution is 6.29. The van der Waals surface area contributed by atoms with Crippen molar-refractivity contribution >= 4 is 17.7 Å². The number of hydrogen-bond donors (Lipinski definition) is 1. The van der Waals surface area contributed by atoms with E-state index >= 15 is 0 Å². The smallest absolute Gasteiger partial charge is 0.410 e. The molecule has 23 heavy (non-hydrogen) atoms. The van der Waals surface area contributed by atoms with Crippen LogP contribution in [0.15, 0.2) is 12.1 Å². The number of nitrogens with one attached hydrogen (secondary N) is 1. The van der Waals surface area contributed by atoms with E-state index in [0.717, 1.165) is 38.2 Å². The minimum atomic E-state index is -0.435. The van der Waals surface area contributed by atoms with Crippen molar-refractivity contribution in [3.05, 3.63) is 23.0 Å². The van der Waals surface area contributed by atoms with E-state index in [4.69, 9.17) is 16.3 Å². The molecule has 7 heteroatoms. The number of rotatable bonds is 4. The zero-order valence-corrected chi connectivity index (χ0v) is 14.8. The van der Waals surface area contributed by atoms with Gasteiger partial charge in [0.1, 0.15) is 5.60 Å². The molecule has 1 aliphatic rings. The Kier molecular flexibility index (Phi) is 6.18. The number of nitrogens with zero attached hydrogens (tertiary/aromatic N) is 3. The van der Waals surface area contributed by atoms with Crippen molar-refractivity contribution < 1.29 is 9.53 Å². The topological polar surface area (TPSA) is 67.3 Å². The quantitative estimate of drug-likeness (QED) is 0.912. The van der Waals surface area contributed by atoms with Crippen LogP contribution in [0.5, 0.6) is 0 Å². The predicted molar refractivity (Wildman–Crippen MR) is 89.3 cm³/mol. The van der Waals surface area contributed by atoms with Crippen LogP contribution in [0.1, 0.15) is 39.3 Å². The van der Waals surface area contributed by atoms with E-state index in [2.05, 4.69) is 15.5 Å². The summed E-state index contributed by atoms with van der Waals surface area (Å²) in [4.78, 5) is 13.8. The van der Waals surface area contributed by atoms with Gasteiger partial charge >= 0.3 is 6.09 Å². The van der Waals surface area contributed by atoms with Crippen molar-refractivity contribution in [3.63, 3.8) is 0 Å². The van der Waals surface area contributed by atoms with E-state index in [1.807, 2.05) is 26.8 Å². The molecule has 1 aliphatic heterocycles. The lowest BCUT2D eigenvalue weighted by Gasteiger charge is -2.33. The molecule has 0 bridgehead atoms. The fraction of sp³-hybridized carbons (Fsp3) is 0.688. The van der Waals surface area contributed by atoms with E-state index < -0.39 is 5.60 Å². The fourth-order valence-electron chi connectivity index (χ4n) is 2.49. The second kappa shape index (κ2) is 7.93. The van der Waals surface area contributed by atoms with Gasteiger partial charge in [0.25, 0.3) is 0 Å². The van der Waals surface area contributed by atoms with Gasteiger partial charge in [0.15, 0.2) is 5.15 Å². The molecular weight excluding hydrogens is 316 g/mol. The second-order valence-corrected chi connectivity index (χ2v) is 7.28. The van der Waals surface area contributed by atoms with Crippen LogP contribution in [0, 0.1) is 5.92 Å². The molecule has 0 atom stereocenters. The molecule has 6 nitrogen and oxygen atoms in total. The van der Waals surface area contributed by atoms with Crippen molar-refractivity contribution in [1.82, 2.24) is 20.4 Å². The number of piperidine rings is 1. The summed E-state index contributed by atoms with van der Waals surface area (Å²) in [6, 6.07) is 3.61. The molecule has 1 amide bonds. The summed E-state index contributed by atoms with van der Waals surface area (Å²) in [6.45, 7) is 8.76. The molecule has 1 saturated heterocycles. The van der Waals surface area contributed by atoms with Gasteiger partial charge in [-0.25, -0.2) is 4.79 Å². The predicted octanol–water partition coefficient (Wildman–Crippen LogP) is 2.87. The monoisotopic (exact) mass is 340 g/mol. The lowest BCUT2D eigenvalue weighted by atomic mass is 9.97. The first kappa shape index (κ1) is 17.9. The first-order chi connectivity index (χ1) is 10.8. The van der Waals surface area contributed by atoms with Gasteiger partial charge in [-0.1, -0.05) is 11.6 Å². The Balaban J connectivity index is 1.66. The summed E-state index contributed by atoms with van der Waals surface area (Å²) >= 11 is 5.71. The van der Waals surface area contributed by atoms with Crippen LogP contribution in [0.2, 0.25) is 5.15 Å². The third kappa shape index (κ3) is 6.31. The SMILES string of the molecule is CC(C)(C)OC(=O)N1CCC(CNCc2ccc(Cl)nn2)CC1. The number of ether oxygens (including phenoxy) is 1. The molecule has 1 aromatic rings. The number of carbonyl (C=O) groups excluding carboxylic acids is 1. The van der Waals surface area contributed by atoms with Crippen LogP contribution in [0.4, 0.5) is 4.79 Å². The van der Waals surface area contributed by atoms with Crippen molar-refractivity contribution in [3.8, 4) is 0 Å². The zero-order valence-electron chi connectivity index (χ0n) is 14.0. The van der Waals surface area contributed by atoms with Crippen LogP contribution in [-0.2, 0) is 11.3 Å². The van der Waals surface area contributed by atoms with E-state index in [1.54, 1.807) is 11.0 Å². The first-order valence-electron chi connectivity index (χ1n) is 8.00. The van der Waals surface area contributed by atoms with Gasteiger partial charge in [-0.15, -0.1) is 5.10 Å². The van der Waals surface area contributed by atoms with E-state index in [1.165, 1.54) is 0 Å². The Morgan fingerprint density at radius 2 is 2.04 bits per heavy atom. The highest BCUT2D eigenvalue weighted by Gasteiger charge is 2.26. The molecule has 0 saturated carbocycles. The molecular formula is C16H25ClN4O2. The van der Waals surface area contributed by atoms with Crippen LogP contribution >= 0.6 is 11.6 Å². The first-order valence-corrected chi connectivity index (χ1v) is 8.38. The van der Waals surface area contributed by atoms with Gasteiger partial charge in [-0.3, -0.25) is 0 Å². The van der Waals surface area contributed by atoms with Gasteiger partial charge in [0.05, 0.1) is 5.69 Å². The summed E-state index contributed by atoms with van der Waals surface area (Å²) < 4.78 is 5.41. The molecule has 0 radical (unpaired) electrons. The molecule has 128 valence electrons. The van der Waals surface area contributed by atoms with E-state index in [-0.39, 0.29) is 6.09 Å². The average molecular weight is 341 g/mol. The lowest BCUT2D eigenvalue weighted by molar-refractivity contribution is 0.0184. The Bertz CT molecular complexity index is 508. The molecule has 0 unspecified atom stereocenters. The summed E-state index contributed by atoms with van der Waals surface area (Å²) in [7, 11) is 0.